The van der Waals surface area contributed by atoms with Gasteiger partial charge in [0.1, 0.15) is 18.8 Å². The number of carbonyl (C=O) groups excluding carboxylic acids is 3. The molecule has 2 fully saturated rings. The maximum absolute atomic E-state index is 12.8. The third-order valence-electron chi connectivity index (χ3n) is 6.15. The van der Waals surface area contributed by atoms with Crippen LogP contribution in [0.1, 0.15) is 24.4 Å². The maximum atomic E-state index is 12.8. The van der Waals surface area contributed by atoms with E-state index in [1.165, 1.54) is 9.13 Å². The number of fused-ring (bicyclic) bond motifs is 1. The number of primary amides is 1. The number of hydrogen-bond donors (Lipinski definition) is 2. The Bertz CT molecular complexity index is 1200. The van der Waals surface area contributed by atoms with Crippen molar-refractivity contribution < 1.29 is 28.6 Å². The molecule has 4 rings (SSSR count). The second-order valence-electron chi connectivity index (χ2n) is 8.52. The largest absolute Gasteiger partial charge is 0.500 e. The Morgan fingerprint density at radius 1 is 1.29 bits per heavy atom. The van der Waals surface area contributed by atoms with Crippen LogP contribution >= 0.6 is 0 Å². The van der Waals surface area contributed by atoms with Gasteiger partial charge in [0.05, 0.1) is 30.5 Å². The van der Waals surface area contributed by atoms with Crippen molar-refractivity contribution in [2.75, 3.05) is 39.5 Å². The molecule has 0 spiro atoms. The number of aryl methyl sites for hydroxylation is 1. The minimum atomic E-state index is -0.815. The summed E-state index contributed by atoms with van der Waals surface area (Å²) < 4.78 is 18.9. The molecule has 1 aromatic heterocycles. The number of aromatic nitrogens is 2. The molecular formula is C23H29N5O7. The second kappa shape index (κ2) is 10.7. The van der Waals surface area contributed by atoms with Crippen molar-refractivity contribution in [3.8, 4) is 0 Å². The van der Waals surface area contributed by atoms with Gasteiger partial charge in [-0.2, -0.15) is 0 Å². The van der Waals surface area contributed by atoms with Gasteiger partial charge in [-0.05, 0) is 30.2 Å². The highest BCUT2D eigenvalue weighted by atomic mass is 16.6. The maximum Gasteiger partial charge on any atom is 0.404 e. The topological polar surface area (TPSA) is 147 Å². The Labute approximate surface area is 201 Å². The lowest BCUT2D eigenvalue weighted by Gasteiger charge is -2.32. The van der Waals surface area contributed by atoms with E-state index in [1.54, 1.807) is 25.5 Å². The van der Waals surface area contributed by atoms with Crippen molar-refractivity contribution in [3.63, 3.8) is 0 Å². The molecule has 3 heterocycles. The van der Waals surface area contributed by atoms with Crippen LogP contribution in [0.5, 0.6) is 0 Å². The van der Waals surface area contributed by atoms with Crippen LogP contribution < -0.4 is 16.7 Å². The molecule has 2 aromatic rings. The lowest BCUT2D eigenvalue weighted by atomic mass is 10.1. The van der Waals surface area contributed by atoms with E-state index in [-0.39, 0.29) is 30.7 Å². The Morgan fingerprint density at radius 3 is 2.89 bits per heavy atom. The number of imidazole rings is 1. The number of morpholine rings is 1. The molecule has 12 nitrogen and oxygen atoms in total. The van der Waals surface area contributed by atoms with Crippen molar-refractivity contribution in [2.45, 2.75) is 25.0 Å². The van der Waals surface area contributed by atoms with Crippen LogP contribution in [-0.4, -0.2) is 77.5 Å². The van der Waals surface area contributed by atoms with Crippen LogP contribution in [0.15, 0.2) is 29.3 Å². The van der Waals surface area contributed by atoms with Gasteiger partial charge in [-0.25, -0.2) is 9.59 Å². The van der Waals surface area contributed by atoms with Crippen LogP contribution in [0, 0.1) is 0 Å². The van der Waals surface area contributed by atoms with E-state index in [0.717, 1.165) is 12.1 Å². The van der Waals surface area contributed by atoms with Gasteiger partial charge >= 0.3 is 11.8 Å². The van der Waals surface area contributed by atoms with Gasteiger partial charge in [0.25, 0.3) is 0 Å². The molecule has 3 amide bonds. The number of ether oxygens (including phenoxy) is 3. The van der Waals surface area contributed by atoms with Crippen molar-refractivity contribution in [2.24, 2.45) is 12.8 Å². The minimum absolute atomic E-state index is 0.128. The van der Waals surface area contributed by atoms with Gasteiger partial charge in [0.2, 0.25) is 11.8 Å². The standard InChI is InChI=1S/C23H29N5O7/c1-26-19-12-15(2-3-17(19)28(23(26)32)18-4-5-20(29)25-21(18)30)6-9-33-10-7-27-8-11-34-16(13-27)14-35-22(24)31/h2-3,6,9,12,16,18H,4-5,7-8,10-11,13-14H2,1H3,(H2,24,31)(H,25,29,30)/b9-6+/t16-,18?/m0/s1. The molecule has 0 aliphatic carbocycles. The summed E-state index contributed by atoms with van der Waals surface area (Å²) >= 11 is 0. The molecule has 0 radical (unpaired) electrons. The Balaban J connectivity index is 1.34. The number of nitrogens with one attached hydrogen (secondary N) is 1. The van der Waals surface area contributed by atoms with Crippen LogP contribution in [0.4, 0.5) is 4.79 Å². The Hall–Kier alpha value is -3.64. The first kappa shape index (κ1) is 24.5. The molecule has 2 atom stereocenters. The number of nitrogens with zero attached hydrogens (tertiary/aromatic N) is 3. The summed E-state index contributed by atoms with van der Waals surface area (Å²) in [7, 11) is 1.65. The summed E-state index contributed by atoms with van der Waals surface area (Å²) in [5, 5.41) is 2.31. The smallest absolute Gasteiger partial charge is 0.404 e. The first-order chi connectivity index (χ1) is 16.8. The van der Waals surface area contributed by atoms with Crippen molar-refractivity contribution >= 4 is 35.0 Å². The number of nitrogens with two attached hydrogens (primary N) is 1. The summed E-state index contributed by atoms with van der Waals surface area (Å²) in [6.07, 6.45) is 2.87. The van der Waals surface area contributed by atoms with Crippen LogP contribution in [0.3, 0.4) is 0 Å². The van der Waals surface area contributed by atoms with Gasteiger partial charge in [0, 0.05) is 33.1 Å². The second-order valence-corrected chi connectivity index (χ2v) is 8.52. The van der Waals surface area contributed by atoms with Crippen LogP contribution in [0.25, 0.3) is 17.1 Å². The monoisotopic (exact) mass is 487 g/mol. The van der Waals surface area contributed by atoms with Gasteiger partial charge in [-0.15, -0.1) is 0 Å². The zero-order valence-corrected chi connectivity index (χ0v) is 19.5. The molecule has 2 aliphatic rings. The summed E-state index contributed by atoms with van der Waals surface area (Å²) in [6, 6.07) is 4.78. The third kappa shape index (κ3) is 5.72. The van der Waals surface area contributed by atoms with Crippen molar-refractivity contribution in [3.05, 3.63) is 40.5 Å². The van der Waals surface area contributed by atoms with Crippen molar-refractivity contribution in [1.82, 2.24) is 19.4 Å². The van der Waals surface area contributed by atoms with E-state index in [2.05, 4.69) is 10.2 Å². The highest BCUT2D eigenvalue weighted by Gasteiger charge is 2.31. The van der Waals surface area contributed by atoms with Crippen molar-refractivity contribution in [1.29, 1.82) is 0 Å². The fourth-order valence-corrected chi connectivity index (χ4v) is 4.35. The molecule has 1 unspecified atom stereocenters. The first-order valence-electron chi connectivity index (χ1n) is 11.4. The number of amides is 3. The van der Waals surface area contributed by atoms with E-state index in [0.29, 0.717) is 43.8 Å². The lowest BCUT2D eigenvalue weighted by molar-refractivity contribution is -0.135. The van der Waals surface area contributed by atoms with Gasteiger partial charge in [-0.1, -0.05) is 6.07 Å². The van der Waals surface area contributed by atoms with Gasteiger partial charge in [-0.3, -0.25) is 28.9 Å². The van der Waals surface area contributed by atoms with Crippen LogP contribution in [0.2, 0.25) is 0 Å². The summed E-state index contributed by atoms with van der Waals surface area (Å²) in [6.45, 7) is 3.20. The van der Waals surface area contributed by atoms with Gasteiger partial charge in [0.15, 0.2) is 0 Å². The van der Waals surface area contributed by atoms with Gasteiger partial charge < -0.3 is 19.9 Å². The molecule has 12 heteroatoms. The Morgan fingerprint density at radius 2 is 2.11 bits per heavy atom. The molecular weight excluding hydrogens is 458 g/mol. The average molecular weight is 488 g/mol. The fraction of sp³-hybridized carbons (Fsp3) is 0.478. The summed E-state index contributed by atoms with van der Waals surface area (Å²) in [4.78, 5) is 49.5. The quantitative estimate of drug-likeness (QED) is 0.303. The predicted octanol–water partition coefficient (Wildman–Crippen LogP) is 0.101. The van der Waals surface area contributed by atoms with E-state index >= 15 is 0 Å². The highest BCUT2D eigenvalue weighted by Crippen LogP contribution is 2.24. The molecule has 1 aromatic carbocycles. The summed E-state index contributed by atoms with van der Waals surface area (Å²) in [5.74, 6) is -0.780. The number of carbonyl (C=O) groups is 3. The number of rotatable bonds is 8. The molecule has 0 bridgehead atoms. The highest BCUT2D eigenvalue weighted by molar-refractivity contribution is 6.00. The molecule has 35 heavy (non-hydrogen) atoms. The molecule has 2 aliphatic heterocycles. The van der Waals surface area contributed by atoms with E-state index < -0.39 is 18.0 Å². The Kier molecular flexibility index (Phi) is 7.51. The number of imide groups is 1. The lowest BCUT2D eigenvalue weighted by Crippen LogP contribution is -2.45. The molecule has 3 N–H and O–H groups in total. The normalized spacial score (nSPS) is 21.4. The molecule has 188 valence electrons. The summed E-state index contributed by atoms with van der Waals surface area (Å²) in [5.41, 5.74) is 6.83. The molecule has 2 saturated heterocycles. The number of hydrogen-bond acceptors (Lipinski definition) is 8. The number of piperidine rings is 1. The predicted molar refractivity (Wildman–Crippen MR) is 125 cm³/mol. The van der Waals surface area contributed by atoms with E-state index in [9.17, 15) is 19.2 Å². The minimum Gasteiger partial charge on any atom is -0.500 e. The zero-order valence-electron chi connectivity index (χ0n) is 19.5. The van der Waals surface area contributed by atoms with E-state index in [4.69, 9.17) is 19.9 Å². The third-order valence-corrected chi connectivity index (χ3v) is 6.15. The fourth-order valence-electron chi connectivity index (χ4n) is 4.35. The number of benzene rings is 1. The molecule has 0 saturated carbocycles. The van der Waals surface area contributed by atoms with E-state index in [1.807, 2.05) is 12.1 Å². The SMILES string of the molecule is Cn1c(=O)n(C2CCC(=O)NC2=O)c2ccc(/C=C/OCCN3CCO[C@H](COC(N)=O)C3)cc21. The van der Waals surface area contributed by atoms with Crippen LogP contribution in [-0.2, 0) is 30.8 Å². The zero-order chi connectivity index (χ0) is 24.9. The first-order valence-corrected chi connectivity index (χ1v) is 11.4. The average Bonchev–Trinajstić information content (AvgIpc) is 3.07.